The van der Waals surface area contributed by atoms with Crippen molar-refractivity contribution in [3.63, 3.8) is 0 Å². The van der Waals surface area contributed by atoms with Crippen LogP contribution in [0.5, 0.6) is 0 Å². The van der Waals surface area contributed by atoms with Gasteiger partial charge in [0.2, 0.25) is 0 Å². The van der Waals surface area contributed by atoms with Crippen molar-refractivity contribution in [2.45, 2.75) is 51.2 Å². The van der Waals surface area contributed by atoms with Gasteiger partial charge in [-0.2, -0.15) is 9.40 Å². The van der Waals surface area contributed by atoms with Gasteiger partial charge in [-0.3, -0.25) is 5.10 Å². The monoisotopic (exact) mass is 300 g/mol. The van der Waals surface area contributed by atoms with Crippen LogP contribution in [0.25, 0.3) is 0 Å². The molecule has 20 heavy (non-hydrogen) atoms. The Kier molecular flexibility index (Phi) is 4.22. The maximum absolute atomic E-state index is 12.6. The van der Waals surface area contributed by atoms with E-state index in [-0.39, 0.29) is 10.4 Å². The van der Waals surface area contributed by atoms with Gasteiger partial charge in [0.15, 0.2) is 5.03 Å². The third-order valence-corrected chi connectivity index (χ3v) is 5.02. The highest BCUT2D eigenvalue weighted by Gasteiger charge is 2.29. The minimum absolute atomic E-state index is 0.0890. The lowest BCUT2D eigenvalue weighted by Crippen LogP contribution is -2.35. The largest absolute Gasteiger partial charge is 0.310 e. The van der Waals surface area contributed by atoms with Gasteiger partial charge < -0.3 is 5.32 Å². The Hall–Kier alpha value is -0.920. The summed E-state index contributed by atoms with van der Waals surface area (Å²) in [5.41, 5.74) is 0.617. The van der Waals surface area contributed by atoms with Crippen LogP contribution in [0.2, 0.25) is 0 Å². The maximum atomic E-state index is 12.6. The molecule has 1 aromatic rings. The number of rotatable bonds is 6. The zero-order chi connectivity index (χ0) is 15.0. The van der Waals surface area contributed by atoms with Crippen LogP contribution in [-0.2, 0) is 16.6 Å². The van der Waals surface area contributed by atoms with E-state index >= 15 is 0 Å². The average molecular weight is 300 g/mol. The predicted molar refractivity (Wildman–Crippen MR) is 77.7 cm³/mol. The molecular weight excluding hydrogens is 276 g/mol. The minimum atomic E-state index is -3.51. The molecule has 1 heterocycles. The predicted octanol–water partition coefficient (Wildman–Crippen LogP) is 1.33. The normalized spacial score (nSPS) is 16.9. The van der Waals surface area contributed by atoms with Crippen LogP contribution >= 0.6 is 0 Å². The molecule has 2 N–H and O–H groups in total. The third-order valence-electron chi connectivity index (χ3n) is 3.20. The summed E-state index contributed by atoms with van der Waals surface area (Å²) >= 11 is 0. The number of hydrogen-bond donors (Lipinski definition) is 2. The van der Waals surface area contributed by atoms with Crippen LogP contribution in [0.15, 0.2) is 11.2 Å². The summed E-state index contributed by atoms with van der Waals surface area (Å²) in [7, 11) is -1.90. The summed E-state index contributed by atoms with van der Waals surface area (Å²) in [6, 6.07) is 0.535. The van der Waals surface area contributed by atoms with E-state index in [1.807, 2.05) is 20.8 Å². The summed E-state index contributed by atoms with van der Waals surface area (Å²) in [5, 5.41) is 10.1. The second kappa shape index (κ2) is 5.46. The molecule has 1 aliphatic carbocycles. The van der Waals surface area contributed by atoms with Gasteiger partial charge in [0.1, 0.15) is 0 Å². The standard InChI is InChI=1S/C13H24N4O2S/c1-13(2,3)9-17(4)20(18,19)12-10(8-15-16-12)7-14-11-5-6-11/h8,11,14H,5-7,9H2,1-4H3,(H,15,16). The summed E-state index contributed by atoms with van der Waals surface area (Å²) < 4.78 is 26.5. The van der Waals surface area contributed by atoms with Crippen molar-refractivity contribution < 1.29 is 8.42 Å². The fraction of sp³-hybridized carbons (Fsp3) is 0.769. The maximum Gasteiger partial charge on any atom is 0.260 e. The number of aromatic amines is 1. The fourth-order valence-electron chi connectivity index (χ4n) is 2.10. The van der Waals surface area contributed by atoms with Gasteiger partial charge in [-0.15, -0.1) is 0 Å². The Balaban J connectivity index is 2.13. The highest BCUT2D eigenvalue weighted by Crippen LogP contribution is 2.23. The topological polar surface area (TPSA) is 78.1 Å². The Morgan fingerprint density at radius 3 is 2.65 bits per heavy atom. The SMILES string of the molecule is CN(CC(C)(C)C)S(=O)(=O)c1[nH]ncc1CNC1CC1. The molecule has 0 saturated heterocycles. The van der Waals surface area contributed by atoms with Crippen LogP contribution in [0.1, 0.15) is 39.2 Å². The Morgan fingerprint density at radius 1 is 1.45 bits per heavy atom. The van der Waals surface area contributed by atoms with E-state index < -0.39 is 10.0 Å². The molecule has 0 aromatic carbocycles. The minimum Gasteiger partial charge on any atom is -0.310 e. The number of nitrogens with one attached hydrogen (secondary N) is 2. The molecule has 0 unspecified atom stereocenters. The lowest BCUT2D eigenvalue weighted by Gasteiger charge is -2.25. The zero-order valence-corrected chi connectivity index (χ0v) is 13.4. The van der Waals surface area contributed by atoms with Gasteiger partial charge in [0.05, 0.1) is 6.20 Å². The van der Waals surface area contributed by atoms with Crippen molar-refractivity contribution in [3.8, 4) is 0 Å². The van der Waals surface area contributed by atoms with E-state index in [0.717, 1.165) is 0 Å². The lowest BCUT2D eigenvalue weighted by atomic mass is 9.97. The zero-order valence-electron chi connectivity index (χ0n) is 12.6. The molecule has 0 spiro atoms. The van der Waals surface area contributed by atoms with E-state index in [9.17, 15) is 8.42 Å². The van der Waals surface area contributed by atoms with Crippen molar-refractivity contribution in [2.75, 3.05) is 13.6 Å². The number of nitrogens with zero attached hydrogens (tertiary/aromatic N) is 2. The molecule has 0 amide bonds. The first kappa shape index (κ1) is 15.5. The van der Waals surface area contributed by atoms with Gasteiger partial charge in [0, 0.05) is 31.7 Å². The van der Waals surface area contributed by atoms with E-state index in [0.29, 0.717) is 24.7 Å². The van der Waals surface area contributed by atoms with Gasteiger partial charge in [-0.25, -0.2) is 8.42 Å². The number of aromatic nitrogens is 2. The van der Waals surface area contributed by atoms with Gasteiger partial charge in [0.25, 0.3) is 10.0 Å². The first-order valence-electron chi connectivity index (χ1n) is 6.92. The van der Waals surface area contributed by atoms with Gasteiger partial charge >= 0.3 is 0 Å². The molecular formula is C13H24N4O2S. The Bertz CT molecular complexity index is 555. The van der Waals surface area contributed by atoms with Crippen molar-refractivity contribution in [2.24, 2.45) is 5.41 Å². The lowest BCUT2D eigenvalue weighted by molar-refractivity contribution is 0.310. The molecule has 7 heteroatoms. The van der Waals surface area contributed by atoms with Crippen molar-refractivity contribution in [1.82, 2.24) is 19.8 Å². The van der Waals surface area contributed by atoms with Gasteiger partial charge in [-0.05, 0) is 18.3 Å². The molecule has 1 fully saturated rings. The molecule has 1 saturated carbocycles. The van der Waals surface area contributed by atoms with E-state index in [2.05, 4.69) is 15.5 Å². The average Bonchev–Trinajstić information content (AvgIpc) is 3.00. The van der Waals surface area contributed by atoms with Crippen molar-refractivity contribution >= 4 is 10.0 Å². The summed E-state index contributed by atoms with van der Waals surface area (Å²) in [5.74, 6) is 0. The third kappa shape index (κ3) is 3.80. The van der Waals surface area contributed by atoms with Crippen LogP contribution in [0.3, 0.4) is 0 Å². The molecule has 2 rings (SSSR count). The number of hydrogen-bond acceptors (Lipinski definition) is 4. The first-order chi connectivity index (χ1) is 9.20. The Labute approximate surface area is 121 Å². The molecule has 1 aromatic heterocycles. The molecule has 0 bridgehead atoms. The fourth-order valence-corrected chi connectivity index (χ4v) is 3.59. The van der Waals surface area contributed by atoms with Crippen LogP contribution in [0.4, 0.5) is 0 Å². The van der Waals surface area contributed by atoms with Crippen molar-refractivity contribution in [1.29, 1.82) is 0 Å². The second-order valence-corrected chi connectivity index (χ2v) is 8.68. The van der Waals surface area contributed by atoms with Crippen LogP contribution < -0.4 is 5.32 Å². The smallest absolute Gasteiger partial charge is 0.260 e. The highest BCUT2D eigenvalue weighted by molar-refractivity contribution is 7.89. The van der Waals surface area contributed by atoms with Crippen molar-refractivity contribution in [3.05, 3.63) is 11.8 Å². The molecule has 114 valence electrons. The summed E-state index contributed by atoms with van der Waals surface area (Å²) in [6.07, 6.45) is 3.93. The summed E-state index contributed by atoms with van der Waals surface area (Å²) in [6.45, 7) is 7.05. The molecule has 1 aliphatic rings. The highest BCUT2D eigenvalue weighted by atomic mass is 32.2. The second-order valence-electron chi connectivity index (χ2n) is 6.70. The molecule has 0 radical (unpaired) electrons. The van der Waals surface area contributed by atoms with E-state index in [1.165, 1.54) is 17.1 Å². The van der Waals surface area contributed by atoms with E-state index in [4.69, 9.17) is 0 Å². The number of sulfonamides is 1. The summed E-state index contributed by atoms with van der Waals surface area (Å²) in [4.78, 5) is 0. The molecule has 0 atom stereocenters. The number of H-pyrrole nitrogens is 1. The Morgan fingerprint density at radius 2 is 2.10 bits per heavy atom. The van der Waals surface area contributed by atoms with E-state index in [1.54, 1.807) is 13.2 Å². The molecule has 0 aliphatic heterocycles. The van der Waals surface area contributed by atoms with Crippen LogP contribution in [0, 0.1) is 5.41 Å². The van der Waals surface area contributed by atoms with Gasteiger partial charge in [-0.1, -0.05) is 20.8 Å². The first-order valence-corrected chi connectivity index (χ1v) is 8.36. The molecule has 6 nitrogen and oxygen atoms in total. The quantitative estimate of drug-likeness (QED) is 0.831. The van der Waals surface area contributed by atoms with Crippen LogP contribution in [-0.4, -0.2) is 42.6 Å².